The molecule has 79 heavy (non-hydrogen) atoms. The predicted molar refractivity (Wildman–Crippen MR) is 297 cm³/mol. The number of carbonyl (C=O) groups excluding carboxylic acids is 4. The van der Waals surface area contributed by atoms with E-state index in [-0.39, 0.29) is 31.3 Å². The molecule has 0 saturated carbocycles. The first kappa shape index (κ1) is 51.0. The lowest BCUT2D eigenvalue weighted by Gasteiger charge is -2.46. The van der Waals surface area contributed by atoms with Gasteiger partial charge in [-0.15, -0.1) is 0 Å². The Bertz CT molecular complexity index is 3460. The van der Waals surface area contributed by atoms with E-state index in [9.17, 15) is 5.11 Å². The normalized spacial score (nSPS) is 22.7. The van der Waals surface area contributed by atoms with E-state index in [0.717, 1.165) is 27.8 Å². The Morgan fingerprint density at radius 1 is 0.722 bits per heavy atom. The van der Waals surface area contributed by atoms with Crippen LogP contribution in [0.5, 0.6) is 17.2 Å². The van der Waals surface area contributed by atoms with Crippen molar-refractivity contribution in [1.29, 1.82) is 0 Å². The number of nitrogens with one attached hydrogen (secondary N) is 1. The number of urea groups is 1. The Balaban J connectivity index is 1.03. The van der Waals surface area contributed by atoms with Crippen LogP contribution in [0, 0.1) is 17.8 Å². The fraction of sp³-hybridized carbons (Fsp3) is 0.262. The Labute approximate surface area is 459 Å². The maximum Gasteiger partial charge on any atom is 0.329 e. The average molecular weight is 1050 g/mol. The van der Waals surface area contributed by atoms with Crippen molar-refractivity contribution in [2.24, 2.45) is 5.92 Å². The molecular formula is C65H60N6O8. The van der Waals surface area contributed by atoms with Crippen LogP contribution < -0.4 is 19.7 Å². The number of ether oxygens (including phenoxy) is 3. The number of benzene rings is 7. The number of imide groups is 1. The fourth-order valence-electron chi connectivity index (χ4n) is 12.5. The second-order valence-corrected chi connectivity index (χ2v) is 21.1. The Morgan fingerprint density at radius 3 is 2.09 bits per heavy atom. The molecule has 0 aliphatic carbocycles. The molecule has 0 aromatic heterocycles. The van der Waals surface area contributed by atoms with Gasteiger partial charge in [-0.05, 0) is 95.4 Å². The largest absolute Gasteiger partial charge is 0.508 e. The highest BCUT2D eigenvalue weighted by molar-refractivity contribution is 6.24. The third kappa shape index (κ3) is 9.54. The maximum atomic E-state index is 17.0. The third-order valence-electron chi connectivity index (χ3n) is 16.2. The molecular weight excluding hydrogens is 993 g/mol. The number of hydrogen-bond donors (Lipinski definition) is 2. The molecule has 0 bridgehead atoms. The molecule has 5 heterocycles. The van der Waals surface area contributed by atoms with Crippen LogP contribution in [0.4, 0.5) is 10.5 Å². The van der Waals surface area contributed by atoms with Crippen LogP contribution in [0.25, 0.3) is 0 Å². The minimum atomic E-state index is -1.98. The summed E-state index contributed by atoms with van der Waals surface area (Å²) in [5, 5.41) is 14.1. The van der Waals surface area contributed by atoms with E-state index in [1.54, 1.807) is 41.3 Å². The maximum absolute atomic E-state index is 17.0. The number of aromatic hydroxyl groups is 1. The highest BCUT2D eigenvalue weighted by Crippen LogP contribution is 2.66. The van der Waals surface area contributed by atoms with E-state index in [0.29, 0.717) is 60.9 Å². The molecule has 398 valence electrons. The van der Waals surface area contributed by atoms with Gasteiger partial charge in [-0.1, -0.05) is 151 Å². The lowest BCUT2D eigenvalue weighted by Crippen LogP contribution is -2.59. The van der Waals surface area contributed by atoms with Crippen molar-refractivity contribution in [3.63, 3.8) is 0 Å². The minimum absolute atomic E-state index is 0.0118. The van der Waals surface area contributed by atoms with Crippen molar-refractivity contribution < 1.29 is 38.5 Å². The molecule has 12 rings (SSSR count). The summed E-state index contributed by atoms with van der Waals surface area (Å²) in [5.41, 5.74) is 4.29. The third-order valence-corrected chi connectivity index (χ3v) is 16.2. The minimum Gasteiger partial charge on any atom is -0.508 e. The lowest BCUT2D eigenvalue weighted by molar-refractivity contribution is -0.179. The number of amides is 4. The SMILES string of the molecule is C[C@@H](NC(=O)N1C(=O)[C@@]2(c3cc(C#CCN(C)Cc4ccccc4)ccc31)[C@H](C(=O)N1CCN(Cc3ccc4c(c3)OCO4)CC1)[C@H]1C(=O)O[C@H](c3ccccc3)[C@H](c3ccccc3)N1[C@@H]2c1ccc(O)cc1)c1ccccc1. The first-order valence-electron chi connectivity index (χ1n) is 26.9. The van der Waals surface area contributed by atoms with Crippen LogP contribution >= 0.6 is 0 Å². The quantitative estimate of drug-likeness (QED) is 0.0946. The van der Waals surface area contributed by atoms with Gasteiger partial charge < -0.3 is 29.5 Å². The summed E-state index contributed by atoms with van der Waals surface area (Å²) in [6.45, 7) is 5.29. The van der Waals surface area contributed by atoms with Gasteiger partial charge in [0.05, 0.1) is 36.3 Å². The zero-order valence-electron chi connectivity index (χ0n) is 44.0. The number of phenolic OH excluding ortho intramolecular Hbond substituents is 1. The highest BCUT2D eigenvalue weighted by Gasteiger charge is 2.76. The summed E-state index contributed by atoms with van der Waals surface area (Å²) in [7, 11) is 2.00. The lowest BCUT2D eigenvalue weighted by atomic mass is 9.64. The zero-order valence-corrected chi connectivity index (χ0v) is 44.0. The van der Waals surface area contributed by atoms with E-state index in [2.05, 4.69) is 39.1 Å². The van der Waals surface area contributed by atoms with E-state index in [1.807, 2.05) is 152 Å². The zero-order chi connectivity index (χ0) is 54.2. The van der Waals surface area contributed by atoms with Crippen LogP contribution in [0.15, 0.2) is 182 Å². The van der Waals surface area contributed by atoms with Crippen LogP contribution in [0.3, 0.4) is 0 Å². The van der Waals surface area contributed by atoms with E-state index in [1.165, 1.54) is 4.90 Å². The molecule has 3 fully saturated rings. The number of phenols is 1. The van der Waals surface area contributed by atoms with E-state index < -0.39 is 65.4 Å². The Morgan fingerprint density at radius 2 is 1.38 bits per heavy atom. The fourth-order valence-corrected chi connectivity index (χ4v) is 12.5. The molecule has 7 atom stereocenters. The van der Waals surface area contributed by atoms with Gasteiger partial charge in [0.15, 0.2) is 11.5 Å². The number of fused-ring (bicyclic) bond motifs is 4. The van der Waals surface area contributed by atoms with Crippen LogP contribution in [0.2, 0.25) is 0 Å². The molecule has 5 aliphatic heterocycles. The highest BCUT2D eigenvalue weighted by atomic mass is 16.7. The predicted octanol–water partition coefficient (Wildman–Crippen LogP) is 9.09. The number of esters is 1. The van der Waals surface area contributed by atoms with Gasteiger partial charge in [0.25, 0.3) is 0 Å². The summed E-state index contributed by atoms with van der Waals surface area (Å²) in [6, 6.07) is 52.3. The van der Waals surface area contributed by atoms with Crippen molar-refractivity contribution in [2.45, 2.75) is 55.7 Å². The summed E-state index contributed by atoms with van der Waals surface area (Å²) >= 11 is 0. The molecule has 7 aromatic carbocycles. The molecule has 3 saturated heterocycles. The molecule has 0 unspecified atom stereocenters. The van der Waals surface area contributed by atoms with Gasteiger partial charge in [-0.25, -0.2) is 9.69 Å². The Hall–Kier alpha value is -8.74. The van der Waals surface area contributed by atoms with E-state index in [4.69, 9.17) is 14.2 Å². The topological polar surface area (TPSA) is 144 Å². The van der Waals surface area contributed by atoms with Gasteiger partial charge >= 0.3 is 12.0 Å². The van der Waals surface area contributed by atoms with Crippen LogP contribution in [-0.2, 0) is 37.6 Å². The summed E-state index contributed by atoms with van der Waals surface area (Å²) in [4.78, 5) is 74.0. The Kier molecular flexibility index (Phi) is 13.9. The van der Waals surface area contributed by atoms with Crippen molar-refractivity contribution in [3.8, 4) is 29.1 Å². The van der Waals surface area contributed by atoms with Gasteiger partial charge in [-0.2, -0.15) is 0 Å². The molecule has 5 aliphatic rings. The summed E-state index contributed by atoms with van der Waals surface area (Å²) in [6.07, 6.45) is -0.898. The molecule has 4 amide bonds. The average Bonchev–Trinajstić information content (AvgIpc) is 2.22. The van der Waals surface area contributed by atoms with E-state index >= 15 is 19.2 Å². The first-order chi connectivity index (χ1) is 38.6. The van der Waals surface area contributed by atoms with Crippen LogP contribution in [0.1, 0.15) is 75.7 Å². The number of nitrogens with zero attached hydrogens (tertiary/aromatic N) is 5. The number of cyclic esters (lactones) is 1. The van der Waals surface area contributed by atoms with Crippen molar-refractivity contribution in [3.05, 3.63) is 226 Å². The number of hydrogen-bond acceptors (Lipinski definition) is 11. The number of morpholine rings is 1. The molecule has 2 N–H and O–H groups in total. The molecule has 14 nitrogen and oxygen atoms in total. The number of carbonyl (C=O) groups is 4. The first-order valence-corrected chi connectivity index (χ1v) is 26.9. The molecule has 7 aromatic rings. The monoisotopic (exact) mass is 1050 g/mol. The van der Waals surface area contributed by atoms with Crippen molar-refractivity contribution in [1.82, 2.24) is 24.9 Å². The number of piperazine rings is 1. The number of rotatable bonds is 11. The second-order valence-electron chi connectivity index (χ2n) is 21.1. The second kappa shape index (κ2) is 21.6. The van der Waals surface area contributed by atoms with Crippen molar-refractivity contribution in [2.75, 3.05) is 51.5 Å². The van der Waals surface area contributed by atoms with Gasteiger partial charge in [0.2, 0.25) is 18.6 Å². The van der Waals surface area contributed by atoms with Crippen LogP contribution in [-0.4, -0.2) is 101 Å². The molecule has 0 radical (unpaired) electrons. The van der Waals surface area contributed by atoms with Gasteiger partial charge in [-0.3, -0.25) is 29.1 Å². The molecule has 1 spiro atoms. The standard InChI is InChI=1S/C65H60N6O8/c1-43(47-19-9-4-10-20-47)66-64(76)70-53-31-25-44(18-15-33-67(2)40-45-16-7-3-8-17-45)38-52(53)65(63(70)75)56(61(73)69-36-34-68(35-37-69)41-46-26-32-54-55(39-46)78-42-77-54)58-62(74)79-59(49-23-13-6-14-24-49)57(48-21-11-5-12-22-48)71(58)60(65)50-27-29-51(72)30-28-50/h3-14,16-17,19-32,38-39,43,56-60,72H,33-37,40-42H2,1-2H3,(H,66,76)/t43-,56+,57+,58+,59-,60-,65+/m1/s1. The summed E-state index contributed by atoms with van der Waals surface area (Å²) < 4.78 is 18.0. The number of anilines is 1. The van der Waals surface area contributed by atoms with Gasteiger partial charge in [0, 0.05) is 44.8 Å². The van der Waals surface area contributed by atoms with Gasteiger partial charge in [0.1, 0.15) is 23.3 Å². The smallest absolute Gasteiger partial charge is 0.329 e. The molecule has 14 heteroatoms. The van der Waals surface area contributed by atoms with Crippen molar-refractivity contribution >= 4 is 29.5 Å². The summed E-state index contributed by atoms with van der Waals surface area (Å²) in [5.74, 6) is 4.90.